The lowest BCUT2D eigenvalue weighted by Gasteiger charge is -2.07. The van der Waals surface area contributed by atoms with Gasteiger partial charge in [0.15, 0.2) is 0 Å². The van der Waals surface area contributed by atoms with Crippen LogP contribution >= 0.6 is 23.1 Å². The van der Waals surface area contributed by atoms with Gasteiger partial charge < -0.3 is 14.9 Å². The molecule has 0 aliphatic carbocycles. The largest absolute Gasteiger partial charge is 0.496 e. The topological polar surface area (TPSA) is 61.3 Å². The molecule has 4 nitrogen and oxygen atoms in total. The fourth-order valence-electron chi connectivity index (χ4n) is 1.84. The quantitative estimate of drug-likeness (QED) is 0.562. The monoisotopic (exact) mass is 318 g/mol. The maximum Gasteiger partial charge on any atom is 0.236 e. The van der Waals surface area contributed by atoms with Crippen LogP contribution in [0.4, 0.5) is 5.69 Å². The number of nitrogens with zero attached hydrogens (tertiary/aromatic N) is 1. The predicted molar refractivity (Wildman–Crippen MR) is 86.8 cm³/mol. The van der Waals surface area contributed by atoms with Crippen LogP contribution in [0.1, 0.15) is 5.69 Å². The van der Waals surface area contributed by atoms with E-state index in [9.17, 15) is 0 Å². The smallest absolute Gasteiger partial charge is 0.236 e. The molecule has 2 heterocycles. The van der Waals surface area contributed by atoms with Gasteiger partial charge in [0.2, 0.25) is 5.89 Å². The highest BCUT2D eigenvalue weighted by Gasteiger charge is 2.09. The Hall–Kier alpha value is -1.92. The van der Waals surface area contributed by atoms with Crippen molar-refractivity contribution in [3.05, 3.63) is 47.7 Å². The molecule has 0 unspecified atom stereocenters. The van der Waals surface area contributed by atoms with Gasteiger partial charge in [-0.15, -0.1) is 23.1 Å². The van der Waals surface area contributed by atoms with Gasteiger partial charge in [-0.05, 0) is 23.6 Å². The molecule has 0 atom stereocenters. The third-order valence-corrected chi connectivity index (χ3v) is 4.79. The number of thioether (sulfide) groups is 1. The molecule has 0 spiro atoms. The maximum atomic E-state index is 5.75. The number of methoxy groups -OCH3 is 1. The summed E-state index contributed by atoms with van der Waals surface area (Å²) < 4.78 is 10.8. The van der Waals surface area contributed by atoms with E-state index in [0.717, 1.165) is 27.0 Å². The highest BCUT2D eigenvalue weighted by molar-refractivity contribution is 7.98. The lowest BCUT2D eigenvalue weighted by atomic mass is 10.3. The summed E-state index contributed by atoms with van der Waals surface area (Å²) >= 11 is 3.26. The van der Waals surface area contributed by atoms with E-state index in [1.54, 1.807) is 36.5 Å². The number of aromatic nitrogens is 1. The number of oxazole rings is 1. The van der Waals surface area contributed by atoms with Crippen molar-refractivity contribution in [1.29, 1.82) is 0 Å². The van der Waals surface area contributed by atoms with Gasteiger partial charge in [0, 0.05) is 22.4 Å². The average Bonchev–Trinajstić information content (AvgIpc) is 3.16. The normalized spacial score (nSPS) is 10.7. The molecule has 0 amide bonds. The second-order valence-corrected chi connectivity index (χ2v) is 6.29. The number of nitrogen functional groups attached to an aromatic ring is 1. The van der Waals surface area contributed by atoms with Crippen LogP contribution in [0.25, 0.3) is 10.8 Å². The molecule has 0 aliphatic rings. The Morgan fingerprint density at radius 3 is 3.05 bits per heavy atom. The second-order valence-electron chi connectivity index (χ2n) is 4.32. The van der Waals surface area contributed by atoms with Gasteiger partial charge in [-0.25, -0.2) is 4.98 Å². The zero-order chi connectivity index (χ0) is 14.7. The minimum atomic E-state index is 0.671. The minimum Gasteiger partial charge on any atom is -0.496 e. The van der Waals surface area contributed by atoms with Gasteiger partial charge in [0.05, 0.1) is 17.7 Å². The maximum absolute atomic E-state index is 5.75. The highest BCUT2D eigenvalue weighted by atomic mass is 32.2. The van der Waals surface area contributed by atoms with Gasteiger partial charge in [-0.1, -0.05) is 6.07 Å². The molecule has 6 heteroatoms. The summed E-state index contributed by atoms with van der Waals surface area (Å²) in [5.41, 5.74) is 7.35. The van der Waals surface area contributed by atoms with Crippen molar-refractivity contribution in [3.8, 4) is 16.5 Å². The molecule has 0 aliphatic heterocycles. The first-order valence-electron chi connectivity index (χ1n) is 6.31. The van der Waals surface area contributed by atoms with E-state index in [-0.39, 0.29) is 0 Å². The Labute approximate surface area is 131 Å². The van der Waals surface area contributed by atoms with Gasteiger partial charge in [-0.3, -0.25) is 0 Å². The summed E-state index contributed by atoms with van der Waals surface area (Å²) in [6.07, 6.45) is 1.70. The van der Waals surface area contributed by atoms with Crippen molar-refractivity contribution in [2.45, 2.75) is 10.6 Å². The summed E-state index contributed by atoms with van der Waals surface area (Å²) in [7, 11) is 1.64. The van der Waals surface area contributed by atoms with Crippen LogP contribution in [0.5, 0.6) is 5.75 Å². The number of ether oxygens (including phenoxy) is 1. The second kappa shape index (κ2) is 6.24. The molecule has 21 heavy (non-hydrogen) atoms. The molecule has 0 radical (unpaired) electrons. The number of hydrogen-bond donors (Lipinski definition) is 1. The van der Waals surface area contributed by atoms with Crippen molar-refractivity contribution in [1.82, 2.24) is 4.98 Å². The molecule has 0 saturated heterocycles. The first kappa shape index (κ1) is 14.0. The first-order chi connectivity index (χ1) is 10.3. The number of anilines is 1. The molecule has 1 aromatic carbocycles. The average molecular weight is 318 g/mol. The number of benzene rings is 1. The standard InChI is InChI=1S/C15H14N2O2S2/c1-18-12-7-10(16)4-5-13(12)21-9-11-8-19-15(17-11)14-3-2-6-20-14/h2-8H,9,16H2,1H3. The van der Waals surface area contributed by atoms with E-state index in [2.05, 4.69) is 4.98 Å². The van der Waals surface area contributed by atoms with Crippen LogP contribution in [0.3, 0.4) is 0 Å². The SMILES string of the molecule is COc1cc(N)ccc1SCc1coc(-c2cccs2)n1. The van der Waals surface area contributed by atoms with E-state index >= 15 is 0 Å². The molecule has 108 valence electrons. The highest BCUT2D eigenvalue weighted by Crippen LogP contribution is 2.33. The number of rotatable bonds is 5. The van der Waals surface area contributed by atoms with E-state index in [0.29, 0.717) is 11.6 Å². The van der Waals surface area contributed by atoms with E-state index in [4.69, 9.17) is 14.9 Å². The van der Waals surface area contributed by atoms with Crippen LogP contribution in [-0.2, 0) is 5.75 Å². The van der Waals surface area contributed by atoms with Gasteiger partial charge in [-0.2, -0.15) is 0 Å². The fourth-order valence-corrected chi connectivity index (χ4v) is 3.38. The number of hydrogen-bond acceptors (Lipinski definition) is 6. The molecule has 3 aromatic rings. The van der Waals surface area contributed by atoms with Crippen LogP contribution in [-0.4, -0.2) is 12.1 Å². The Balaban J connectivity index is 1.71. The molecule has 3 rings (SSSR count). The lowest BCUT2D eigenvalue weighted by Crippen LogP contribution is -1.90. The molecule has 0 fully saturated rings. The summed E-state index contributed by atoms with van der Waals surface area (Å²) in [6.45, 7) is 0. The lowest BCUT2D eigenvalue weighted by molar-refractivity contribution is 0.405. The van der Waals surface area contributed by atoms with E-state index < -0.39 is 0 Å². The van der Waals surface area contributed by atoms with E-state index in [1.165, 1.54) is 0 Å². The molecule has 0 bridgehead atoms. The van der Waals surface area contributed by atoms with E-state index in [1.807, 2.05) is 35.7 Å². The zero-order valence-corrected chi connectivity index (χ0v) is 13.0. The Kier molecular flexibility index (Phi) is 4.17. The van der Waals surface area contributed by atoms with Gasteiger partial charge in [0.1, 0.15) is 12.0 Å². The van der Waals surface area contributed by atoms with Crippen LogP contribution < -0.4 is 10.5 Å². The molecular formula is C15H14N2O2S2. The molecule has 2 aromatic heterocycles. The minimum absolute atomic E-state index is 0.671. The summed E-state index contributed by atoms with van der Waals surface area (Å²) in [6, 6.07) is 9.63. The Morgan fingerprint density at radius 2 is 2.29 bits per heavy atom. The summed E-state index contributed by atoms with van der Waals surface area (Å²) in [5, 5.41) is 2.01. The third-order valence-electron chi connectivity index (χ3n) is 2.85. The summed E-state index contributed by atoms with van der Waals surface area (Å²) in [4.78, 5) is 6.57. The zero-order valence-electron chi connectivity index (χ0n) is 11.4. The Morgan fingerprint density at radius 1 is 1.38 bits per heavy atom. The van der Waals surface area contributed by atoms with Gasteiger partial charge in [0.25, 0.3) is 0 Å². The molecular weight excluding hydrogens is 304 g/mol. The summed E-state index contributed by atoms with van der Waals surface area (Å²) in [5.74, 6) is 2.17. The predicted octanol–water partition coefficient (Wildman–Crippen LogP) is 4.29. The number of nitrogens with two attached hydrogens (primary N) is 1. The third kappa shape index (κ3) is 3.22. The van der Waals surface area contributed by atoms with Crippen molar-refractivity contribution >= 4 is 28.8 Å². The first-order valence-corrected chi connectivity index (χ1v) is 8.17. The van der Waals surface area contributed by atoms with Crippen molar-refractivity contribution in [3.63, 3.8) is 0 Å². The molecule has 0 saturated carbocycles. The van der Waals surface area contributed by atoms with Gasteiger partial charge >= 0.3 is 0 Å². The fraction of sp³-hybridized carbons (Fsp3) is 0.133. The Bertz CT molecular complexity index is 723. The number of thiophene rings is 1. The van der Waals surface area contributed by atoms with Crippen molar-refractivity contribution < 1.29 is 9.15 Å². The molecule has 2 N–H and O–H groups in total. The van der Waals surface area contributed by atoms with Crippen LogP contribution in [0.15, 0.2) is 51.3 Å². The van der Waals surface area contributed by atoms with Crippen molar-refractivity contribution in [2.75, 3.05) is 12.8 Å². The van der Waals surface area contributed by atoms with Crippen LogP contribution in [0, 0.1) is 0 Å². The van der Waals surface area contributed by atoms with Crippen LogP contribution in [0.2, 0.25) is 0 Å². The van der Waals surface area contributed by atoms with Crippen molar-refractivity contribution in [2.24, 2.45) is 0 Å².